The van der Waals surface area contributed by atoms with Gasteiger partial charge in [-0.3, -0.25) is 0 Å². The predicted molar refractivity (Wildman–Crippen MR) is 538 cm³/mol. The molecule has 0 bridgehead atoms. The van der Waals surface area contributed by atoms with E-state index in [4.69, 9.17) is 37.0 Å². The number of hydrogen-bond donors (Lipinski definition) is 10. The van der Waals surface area contributed by atoms with Gasteiger partial charge in [0.2, 0.25) is 0 Å². The molecule has 10 aromatic rings. The fourth-order valence-corrected chi connectivity index (χ4v) is 18.7. The average Bonchev–Trinajstić information content (AvgIpc) is 0.778. The van der Waals surface area contributed by atoms with Crippen LogP contribution in [0, 0.1) is 29.6 Å². The van der Waals surface area contributed by atoms with E-state index in [9.17, 15) is 51.1 Å². The zero-order valence-electron chi connectivity index (χ0n) is 101. The molecule has 5 aliphatic carbocycles. The lowest BCUT2D eigenvalue weighted by Crippen LogP contribution is -2.17. The third-order valence-electron chi connectivity index (χ3n) is 25.7. The van der Waals surface area contributed by atoms with Crippen molar-refractivity contribution in [3.63, 3.8) is 0 Å². The van der Waals surface area contributed by atoms with Crippen molar-refractivity contribution in [2.45, 2.75) is 227 Å². The Bertz CT molecular complexity index is 6760. The van der Waals surface area contributed by atoms with Crippen molar-refractivity contribution >= 4 is 0 Å². The Kier molecular flexibility index (Phi) is 24.0. The molecule has 680 valence electrons. The van der Waals surface area contributed by atoms with E-state index in [1.807, 2.05) is 159 Å². The van der Waals surface area contributed by atoms with Crippen molar-refractivity contribution in [2.75, 3.05) is 0 Å². The lowest BCUT2D eigenvalue weighted by Gasteiger charge is -2.31. The van der Waals surface area contributed by atoms with Crippen molar-refractivity contribution in [1.82, 2.24) is 0 Å². The molecule has 10 N–H and O–H groups in total. The number of allylic oxidation sites excluding steroid dienone is 15. The summed E-state index contributed by atoms with van der Waals surface area (Å²) in [6, 6.07) is 65.4. The molecule has 10 unspecified atom stereocenters. The number of aromatic hydroxyl groups is 10. The molecule has 130 heavy (non-hydrogen) atoms. The molecule has 10 atom stereocenters. The zero-order valence-corrected chi connectivity index (χ0v) is 74.4. The Morgan fingerprint density at radius 2 is 0.431 bits per heavy atom. The maximum absolute atomic E-state index is 10.9. The fraction of sp³-hybridized carbons (Fsp3) is 0.333. The highest BCUT2D eigenvalue weighted by molar-refractivity contribution is 5.58. The first-order chi connectivity index (χ1) is 73.5. The standard InChI is InChI=1S/5C24H28O2/c5*1-16(2)20-12-9-17(3)13-21(20)24-22(25)14-19(15-23(24)26)11-10-18-7-5-4-6-8-18/h5*4-8,13-15,20-21,25-26H,1,9-12H2,2-3H3/i1D2,2D3,3D3;2D3,3D3;1D2,3D3;1D2,2D3;3D3. The second-order valence-electron chi connectivity index (χ2n) is 35.2. The van der Waals surface area contributed by atoms with E-state index < -0.39 is 114 Å². The third kappa shape index (κ3) is 26.9. The van der Waals surface area contributed by atoms with E-state index in [2.05, 4.69) is 25.3 Å². The molecule has 0 heterocycles. The van der Waals surface area contributed by atoms with Gasteiger partial charge in [-0.25, -0.2) is 0 Å². The van der Waals surface area contributed by atoms with Gasteiger partial charge in [-0.2, -0.15) is 0 Å². The van der Waals surface area contributed by atoms with Crippen molar-refractivity contribution in [1.29, 1.82) is 0 Å². The number of aryl methyl sites for hydroxylation is 10. The summed E-state index contributed by atoms with van der Waals surface area (Å²) in [6.45, 7) is -5.50. The molecular weight excluding hydrogens is 1600 g/mol. The molecule has 10 nitrogen and oxygen atoms in total. The number of benzene rings is 10. The summed E-state index contributed by atoms with van der Waals surface area (Å²) in [5, 5.41) is 108. The fourth-order valence-electron chi connectivity index (χ4n) is 18.7. The molecule has 0 spiro atoms. The van der Waals surface area contributed by atoms with Gasteiger partial charge in [0, 0.05) is 86.2 Å². The Hall–Kier alpha value is -12.4. The summed E-state index contributed by atoms with van der Waals surface area (Å²) in [6.07, 6.45) is 18.4. The lowest BCUT2D eigenvalue weighted by atomic mass is 9.73. The highest BCUT2D eigenvalue weighted by Gasteiger charge is 2.36. The summed E-state index contributed by atoms with van der Waals surface area (Å²) in [5.74, 6) is -7.26. The highest BCUT2D eigenvalue weighted by Crippen LogP contribution is 2.53. The molecule has 0 saturated carbocycles. The van der Waals surface area contributed by atoms with E-state index in [-0.39, 0.29) is 152 Å². The molecular formula is C120H140O10. The molecule has 0 radical (unpaired) electrons. The maximum atomic E-state index is 10.9. The summed E-state index contributed by atoms with van der Waals surface area (Å²) < 4.78 is 210. The summed E-state index contributed by atoms with van der Waals surface area (Å²) in [4.78, 5) is 0. The first kappa shape index (κ1) is 66.9. The first-order valence-corrected chi connectivity index (χ1v) is 44.8. The van der Waals surface area contributed by atoms with E-state index in [1.165, 1.54) is 29.8 Å². The third-order valence-corrected chi connectivity index (χ3v) is 25.7. The molecule has 0 amide bonds. The van der Waals surface area contributed by atoms with Gasteiger partial charge in [-0.1, -0.05) is 271 Å². The monoisotopic (exact) mass is 1770 g/mol. The predicted octanol–water partition coefficient (Wildman–Crippen LogP) is 29.5. The van der Waals surface area contributed by atoms with Crippen molar-refractivity contribution in [2.24, 2.45) is 29.6 Å². The van der Waals surface area contributed by atoms with Gasteiger partial charge in [0.15, 0.2) is 0 Å². The Balaban J connectivity index is 0.000000185. The van der Waals surface area contributed by atoms with Gasteiger partial charge in [0.1, 0.15) is 57.5 Å². The average molecular weight is 1770 g/mol. The molecule has 10 aromatic carbocycles. The largest absolute Gasteiger partial charge is 0.507 e. The van der Waals surface area contributed by atoms with Gasteiger partial charge in [0.25, 0.3) is 0 Å². The van der Waals surface area contributed by atoms with Crippen LogP contribution < -0.4 is 0 Å². The summed E-state index contributed by atoms with van der Waals surface area (Å²) in [5.41, 5.74) is 13.4. The van der Waals surface area contributed by atoms with Gasteiger partial charge in [-0.15, -0.1) is 0 Å². The lowest BCUT2D eigenvalue weighted by molar-refractivity contribution is 0.405. The van der Waals surface area contributed by atoms with E-state index in [0.717, 1.165) is 81.3 Å². The smallest absolute Gasteiger partial charge is 0.123 e. The molecule has 0 saturated heterocycles. The quantitative estimate of drug-likeness (QED) is 0.0245. The highest BCUT2D eigenvalue weighted by atomic mass is 16.3. The van der Waals surface area contributed by atoms with Crippen LogP contribution in [0.4, 0.5) is 0 Å². The van der Waals surface area contributed by atoms with Gasteiger partial charge in [0.05, 0.1) is 8.22 Å². The van der Waals surface area contributed by atoms with Crippen LogP contribution in [0.1, 0.15) is 283 Å². The minimum Gasteiger partial charge on any atom is -0.507 e. The van der Waals surface area contributed by atoms with Crippen LogP contribution in [0.3, 0.4) is 0 Å². The van der Waals surface area contributed by atoms with Crippen LogP contribution >= 0.6 is 0 Å². The molecule has 5 aliphatic rings. The van der Waals surface area contributed by atoms with E-state index >= 15 is 0 Å². The SMILES string of the molecule is [2H]C([2H])([2H])C(=C)C1CCC(C([2H])([2H])[2H])=CC1c1c(O)cc(CCc2ccccc2)cc1O.[2H]C([2H])([2H])C1=CC(c2c(O)cc(CCc3ccccc3)cc2O)C(C(=C)C)CC1.[2H]C([2H])=C(C)C1CCC(C([2H])([2H])[2H])=CC1c1c(O)cc(CCc2ccccc2)cc1O.[2H]C([2H])=C(C1CCC(C([2H])([2H])[2H])=CC1c1c(O)cc(CCc2ccccc2)cc1O)C([2H])([2H])[2H].[2H]C([2H])=C(C1CCC(C)=CC1c1c(O)cc(CCc2ccccc2)cc1O)C([2H])([2H])[2H]. The Morgan fingerprint density at radius 3 is 0.623 bits per heavy atom. The zero-order chi connectivity index (χ0) is 116. The van der Waals surface area contributed by atoms with Crippen molar-refractivity contribution < 1.29 is 88.1 Å². The minimum atomic E-state index is -2.74. The second kappa shape index (κ2) is 46.7. The summed E-state index contributed by atoms with van der Waals surface area (Å²) in [7, 11) is 0. The molecule has 0 aromatic heterocycles. The number of phenols is 10. The molecule has 15 rings (SSSR count). The van der Waals surface area contributed by atoms with Crippen LogP contribution in [0.2, 0.25) is 0 Å². The van der Waals surface area contributed by atoms with Crippen LogP contribution in [0.25, 0.3) is 0 Å². The van der Waals surface area contributed by atoms with Crippen molar-refractivity contribution in [3.05, 3.63) is 415 Å². The van der Waals surface area contributed by atoms with Crippen LogP contribution in [0.5, 0.6) is 57.5 Å². The van der Waals surface area contributed by atoms with Crippen molar-refractivity contribution in [3.8, 4) is 57.5 Å². The van der Waals surface area contributed by atoms with E-state index in [1.54, 1.807) is 67.6 Å². The normalized spacial score (nSPS) is 23.5. The van der Waals surface area contributed by atoms with Crippen LogP contribution in [0.15, 0.2) is 331 Å². The molecule has 0 fully saturated rings. The number of rotatable bonds is 25. The second-order valence-corrected chi connectivity index (χ2v) is 35.2. The van der Waals surface area contributed by atoms with Gasteiger partial charge in [-0.05, 0) is 343 Å². The number of phenolic OH excluding ortho intramolecular Hbond substituents is 10. The Morgan fingerprint density at radius 1 is 0.254 bits per heavy atom. The maximum Gasteiger partial charge on any atom is 0.123 e. The minimum absolute atomic E-state index is 0.00436. The van der Waals surface area contributed by atoms with Crippen LogP contribution in [-0.4, -0.2) is 51.1 Å². The van der Waals surface area contributed by atoms with E-state index in [0.29, 0.717) is 99.3 Å². The van der Waals surface area contributed by atoms with Crippen LogP contribution in [-0.2, 0) is 64.2 Å². The number of hydrogen-bond acceptors (Lipinski definition) is 10. The topological polar surface area (TPSA) is 202 Å². The van der Waals surface area contributed by atoms with Gasteiger partial charge < -0.3 is 51.1 Å². The molecule has 10 heteroatoms. The first-order valence-electron chi connectivity index (χ1n) is 58.3. The summed E-state index contributed by atoms with van der Waals surface area (Å²) >= 11 is 0. The van der Waals surface area contributed by atoms with Gasteiger partial charge >= 0.3 is 0 Å². The Labute approximate surface area is 813 Å². The molecule has 0 aliphatic heterocycles.